The van der Waals surface area contributed by atoms with Crippen LogP contribution in [0, 0.1) is 11.3 Å². The molecule has 0 saturated carbocycles. The number of hydrogen-bond acceptors (Lipinski definition) is 7. The number of anilines is 1. The number of ether oxygens (including phenoxy) is 2. The fourth-order valence-corrected chi connectivity index (χ4v) is 6.48. The van der Waals surface area contributed by atoms with Crippen LogP contribution in [0.15, 0.2) is 53.4 Å². The molecule has 36 heavy (non-hydrogen) atoms. The number of morpholine rings is 1. The summed E-state index contributed by atoms with van der Waals surface area (Å²) < 4.78 is 38.9. The van der Waals surface area contributed by atoms with Crippen molar-refractivity contribution in [3.05, 3.63) is 58.3 Å². The molecule has 0 amide bonds. The zero-order valence-electron chi connectivity index (χ0n) is 20.8. The smallest absolute Gasteiger partial charge is 0.251 e. The SMILES string of the molecule is COCCC(C)(C)NS(=O)(=O)/C(C#N)=C/c1ccc(-c2ccc3cc(N4CCOCC4)ccc3c2)s1. The highest BCUT2D eigenvalue weighted by molar-refractivity contribution is 7.93. The fourth-order valence-electron chi connectivity index (χ4n) is 4.12. The Morgan fingerprint density at radius 3 is 2.61 bits per heavy atom. The van der Waals surface area contributed by atoms with E-state index in [0.717, 1.165) is 42.1 Å². The molecule has 0 spiro atoms. The molecule has 1 aliphatic rings. The molecule has 2 aromatic carbocycles. The molecule has 9 heteroatoms. The van der Waals surface area contributed by atoms with E-state index in [-0.39, 0.29) is 4.91 Å². The number of rotatable bonds is 9. The van der Waals surface area contributed by atoms with Crippen LogP contribution in [0.3, 0.4) is 0 Å². The van der Waals surface area contributed by atoms with E-state index in [2.05, 4.69) is 46.0 Å². The third-order valence-electron chi connectivity index (χ3n) is 6.13. The van der Waals surface area contributed by atoms with Crippen LogP contribution in [-0.2, 0) is 19.5 Å². The van der Waals surface area contributed by atoms with Crippen LogP contribution in [-0.4, -0.2) is 54.0 Å². The average molecular weight is 526 g/mol. The summed E-state index contributed by atoms with van der Waals surface area (Å²) in [5.74, 6) is 0. The molecule has 190 valence electrons. The van der Waals surface area contributed by atoms with Crippen molar-refractivity contribution in [1.29, 1.82) is 5.26 Å². The largest absolute Gasteiger partial charge is 0.385 e. The van der Waals surface area contributed by atoms with Gasteiger partial charge in [-0.15, -0.1) is 11.3 Å². The van der Waals surface area contributed by atoms with Crippen molar-refractivity contribution < 1.29 is 17.9 Å². The first-order chi connectivity index (χ1) is 17.2. The fraction of sp³-hybridized carbons (Fsp3) is 0.370. The van der Waals surface area contributed by atoms with Crippen LogP contribution < -0.4 is 9.62 Å². The summed E-state index contributed by atoms with van der Waals surface area (Å²) in [6.07, 6.45) is 1.92. The van der Waals surface area contributed by atoms with Gasteiger partial charge in [0.05, 0.1) is 13.2 Å². The molecule has 1 N–H and O–H groups in total. The molecule has 4 rings (SSSR count). The van der Waals surface area contributed by atoms with Crippen LogP contribution in [0.5, 0.6) is 0 Å². The highest BCUT2D eigenvalue weighted by Gasteiger charge is 2.28. The first-order valence-electron chi connectivity index (χ1n) is 11.8. The Labute approximate surface area is 217 Å². The van der Waals surface area contributed by atoms with Crippen molar-refractivity contribution in [3.8, 4) is 16.5 Å². The van der Waals surface area contributed by atoms with Gasteiger partial charge in [0.2, 0.25) is 0 Å². The molecule has 0 aliphatic carbocycles. The number of benzene rings is 2. The molecule has 2 heterocycles. The third-order valence-corrected chi connectivity index (χ3v) is 8.82. The molecule has 0 atom stereocenters. The van der Waals surface area contributed by atoms with Gasteiger partial charge in [-0.2, -0.15) is 5.26 Å². The maximum atomic E-state index is 12.9. The van der Waals surface area contributed by atoms with E-state index in [1.165, 1.54) is 28.5 Å². The van der Waals surface area contributed by atoms with Gasteiger partial charge in [-0.05, 0) is 73.0 Å². The maximum Gasteiger partial charge on any atom is 0.251 e. The number of methoxy groups -OCH3 is 1. The number of allylic oxidation sites excluding steroid dienone is 1. The summed E-state index contributed by atoms with van der Waals surface area (Å²) in [6, 6.07) is 18.5. The van der Waals surface area contributed by atoms with Crippen LogP contribution in [0.2, 0.25) is 0 Å². The van der Waals surface area contributed by atoms with Gasteiger partial charge in [0.15, 0.2) is 4.91 Å². The van der Waals surface area contributed by atoms with E-state index in [4.69, 9.17) is 9.47 Å². The lowest BCUT2D eigenvalue weighted by Gasteiger charge is -2.29. The highest BCUT2D eigenvalue weighted by Crippen LogP contribution is 2.33. The van der Waals surface area contributed by atoms with Gasteiger partial charge in [0, 0.05) is 47.8 Å². The van der Waals surface area contributed by atoms with Crippen LogP contribution in [0.1, 0.15) is 25.1 Å². The minimum absolute atomic E-state index is 0.310. The van der Waals surface area contributed by atoms with E-state index in [1.807, 2.05) is 18.2 Å². The van der Waals surface area contributed by atoms with Crippen LogP contribution >= 0.6 is 11.3 Å². The van der Waals surface area contributed by atoms with Crippen molar-refractivity contribution in [1.82, 2.24) is 4.72 Å². The van der Waals surface area contributed by atoms with Gasteiger partial charge < -0.3 is 14.4 Å². The molecule has 0 unspecified atom stereocenters. The summed E-state index contributed by atoms with van der Waals surface area (Å²) in [5, 5.41) is 11.9. The van der Waals surface area contributed by atoms with Gasteiger partial charge >= 0.3 is 0 Å². The second-order valence-electron chi connectivity index (χ2n) is 9.40. The summed E-state index contributed by atoms with van der Waals surface area (Å²) in [4.78, 5) is 3.73. The summed E-state index contributed by atoms with van der Waals surface area (Å²) in [7, 11) is -2.40. The van der Waals surface area contributed by atoms with Crippen molar-refractivity contribution in [2.45, 2.75) is 25.8 Å². The number of thiophene rings is 1. The predicted octanol–water partition coefficient (Wildman–Crippen LogP) is 5.00. The quantitative estimate of drug-likeness (QED) is 0.395. The molecular formula is C27H31N3O4S2. The average Bonchev–Trinajstić information content (AvgIpc) is 3.34. The lowest BCUT2D eigenvalue weighted by atomic mass is 10.0. The van der Waals surface area contributed by atoms with Crippen molar-refractivity contribution in [2.24, 2.45) is 0 Å². The van der Waals surface area contributed by atoms with Gasteiger partial charge in [-0.3, -0.25) is 0 Å². The van der Waals surface area contributed by atoms with Gasteiger partial charge in [0.25, 0.3) is 10.0 Å². The monoisotopic (exact) mass is 525 g/mol. The molecule has 1 saturated heterocycles. The van der Waals surface area contributed by atoms with E-state index in [1.54, 1.807) is 21.0 Å². The van der Waals surface area contributed by atoms with E-state index in [0.29, 0.717) is 17.9 Å². The molecule has 3 aromatic rings. The topological polar surface area (TPSA) is 91.7 Å². The Morgan fingerprint density at radius 2 is 1.89 bits per heavy atom. The van der Waals surface area contributed by atoms with E-state index in [9.17, 15) is 13.7 Å². The molecule has 0 radical (unpaired) electrons. The minimum atomic E-state index is -3.97. The highest BCUT2D eigenvalue weighted by atomic mass is 32.2. The Morgan fingerprint density at radius 1 is 1.17 bits per heavy atom. The van der Waals surface area contributed by atoms with Crippen molar-refractivity contribution in [2.75, 3.05) is 44.9 Å². The molecular weight excluding hydrogens is 494 g/mol. The molecule has 7 nitrogen and oxygen atoms in total. The zero-order chi connectivity index (χ0) is 25.8. The maximum absolute atomic E-state index is 12.9. The van der Waals surface area contributed by atoms with Crippen LogP contribution in [0.4, 0.5) is 5.69 Å². The predicted molar refractivity (Wildman–Crippen MR) is 147 cm³/mol. The summed E-state index contributed by atoms with van der Waals surface area (Å²) >= 11 is 1.45. The van der Waals surface area contributed by atoms with Crippen LogP contribution in [0.25, 0.3) is 27.3 Å². The molecule has 1 fully saturated rings. The second-order valence-corrected chi connectivity index (χ2v) is 12.2. The van der Waals surface area contributed by atoms with Crippen molar-refractivity contribution in [3.63, 3.8) is 0 Å². The van der Waals surface area contributed by atoms with Gasteiger partial charge in [0.1, 0.15) is 6.07 Å². The number of nitrogens with zero attached hydrogens (tertiary/aromatic N) is 2. The lowest BCUT2D eigenvalue weighted by molar-refractivity contribution is 0.122. The number of fused-ring (bicyclic) bond motifs is 1. The summed E-state index contributed by atoms with van der Waals surface area (Å²) in [5.41, 5.74) is 1.51. The first-order valence-corrected chi connectivity index (χ1v) is 14.1. The number of nitriles is 1. The number of nitrogens with one attached hydrogen (secondary N) is 1. The Balaban J connectivity index is 1.54. The standard InChI is InChI=1S/C27H31N3O4S2/c1-27(2,10-13-33-3)29-36(31,32)25(19-28)18-24-8-9-26(35-24)22-5-4-21-17-23(7-6-20(21)16-22)30-11-14-34-15-12-30/h4-9,16-18,29H,10-15H2,1-3H3/b25-18+. The van der Waals surface area contributed by atoms with E-state index >= 15 is 0 Å². The zero-order valence-corrected chi connectivity index (χ0v) is 22.4. The van der Waals surface area contributed by atoms with Crippen molar-refractivity contribution >= 4 is 43.9 Å². The van der Waals surface area contributed by atoms with Gasteiger partial charge in [-0.25, -0.2) is 13.1 Å². The first kappa shape index (κ1) is 26.3. The van der Waals surface area contributed by atoms with Gasteiger partial charge in [-0.1, -0.05) is 18.2 Å². The molecule has 0 bridgehead atoms. The molecule has 1 aromatic heterocycles. The minimum Gasteiger partial charge on any atom is -0.385 e. The third kappa shape index (κ3) is 6.33. The van der Waals surface area contributed by atoms with E-state index < -0.39 is 15.6 Å². The Hall–Kier alpha value is -2.74. The second kappa shape index (κ2) is 11.1. The number of sulfonamides is 1. The number of hydrogen-bond donors (Lipinski definition) is 1. The Bertz CT molecular complexity index is 1400. The molecule has 1 aliphatic heterocycles. The summed E-state index contributed by atoms with van der Waals surface area (Å²) in [6.45, 7) is 7.25. The normalized spacial score (nSPS) is 15.3. The lowest BCUT2D eigenvalue weighted by Crippen LogP contribution is -2.44. The Kier molecular flexibility index (Phi) is 8.13.